The lowest BCUT2D eigenvalue weighted by molar-refractivity contribution is 0.182. The first-order chi connectivity index (χ1) is 9.24. The van der Waals surface area contributed by atoms with Crippen molar-refractivity contribution in [2.75, 3.05) is 13.2 Å². The first-order valence-corrected chi connectivity index (χ1v) is 10.8. The van der Waals surface area contributed by atoms with E-state index in [0.717, 1.165) is 19.3 Å². The molecule has 2 nitrogen and oxygen atoms in total. The van der Waals surface area contributed by atoms with Crippen LogP contribution in [0.5, 0.6) is 0 Å². The zero-order valence-corrected chi connectivity index (χ0v) is 15.2. The van der Waals surface area contributed by atoms with Crippen molar-refractivity contribution in [1.29, 1.82) is 0 Å². The highest BCUT2D eigenvalue weighted by molar-refractivity contribution is 6.67. The molecule has 0 saturated carbocycles. The molecule has 0 amide bonds. The maximum Gasteiger partial charge on any atom is 0.337 e. The Bertz CT molecular complexity index is 185. The summed E-state index contributed by atoms with van der Waals surface area (Å²) in [6.07, 6.45) is 11.0. The average molecular weight is 309 g/mol. The van der Waals surface area contributed by atoms with Crippen molar-refractivity contribution < 1.29 is 13.6 Å². The van der Waals surface area contributed by atoms with Crippen LogP contribution in [-0.2, 0) is 8.85 Å². The Morgan fingerprint density at radius 2 is 1.10 bits per heavy atom. The Morgan fingerprint density at radius 1 is 0.650 bits per heavy atom. The molecule has 0 heterocycles. The minimum absolute atomic E-state index is 0. The summed E-state index contributed by atoms with van der Waals surface area (Å²) < 4.78 is 12.0. The van der Waals surface area contributed by atoms with Crippen LogP contribution in [0.3, 0.4) is 0 Å². The number of unbranched alkanes of at least 4 members (excludes halogenated alkanes) is 7. The summed E-state index contributed by atoms with van der Waals surface area (Å²) in [5, 5.41) is 0. The second-order valence-electron chi connectivity index (χ2n) is 5.36. The quantitative estimate of drug-likeness (QED) is 0.297. The number of hydrogen-bond acceptors (Lipinski definition) is 2. The van der Waals surface area contributed by atoms with E-state index in [-0.39, 0.29) is 4.70 Å². The minimum atomic E-state index is -1.85. The maximum absolute atomic E-state index is 6.00. The third kappa shape index (κ3) is 10.8. The van der Waals surface area contributed by atoms with Crippen LogP contribution in [0.4, 0.5) is 4.70 Å². The van der Waals surface area contributed by atoms with E-state index in [1.54, 1.807) is 0 Å². The highest BCUT2D eigenvalue weighted by atomic mass is 28.4. The molecule has 0 unspecified atom stereocenters. The topological polar surface area (TPSA) is 18.5 Å². The molecule has 0 aromatic carbocycles. The highest BCUT2D eigenvalue weighted by Crippen LogP contribution is 2.23. The smallest absolute Gasteiger partial charge is 0.337 e. The zero-order chi connectivity index (χ0) is 14.4. The van der Waals surface area contributed by atoms with Gasteiger partial charge < -0.3 is 8.85 Å². The first kappa shape index (κ1) is 22.3. The van der Waals surface area contributed by atoms with Crippen molar-refractivity contribution in [1.82, 2.24) is 0 Å². The monoisotopic (exact) mass is 308 g/mol. The largest absolute Gasteiger partial charge is 0.394 e. The Balaban J connectivity index is 0. The Morgan fingerprint density at radius 3 is 1.50 bits per heavy atom. The summed E-state index contributed by atoms with van der Waals surface area (Å²) in [4.78, 5) is 0. The van der Waals surface area contributed by atoms with Crippen molar-refractivity contribution in [2.45, 2.75) is 91.1 Å². The van der Waals surface area contributed by atoms with Crippen molar-refractivity contribution in [2.24, 2.45) is 0 Å². The second-order valence-corrected chi connectivity index (χ2v) is 8.96. The van der Waals surface area contributed by atoms with E-state index in [1.807, 2.05) is 0 Å². The van der Waals surface area contributed by atoms with Gasteiger partial charge in [-0.2, -0.15) is 0 Å². The third-order valence-corrected chi connectivity index (χ3v) is 7.59. The van der Waals surface area contributed by atoms with Gasteiger partial charge in [0.05, 0.1) is 0 Å². The number of halogens is 1. The first-order valence-electron chi connectivity index (χ1n) is 8.52. The molecule has 0 bridgehead atoms. The fourth-order valence-electron chi connectivity index (χ4n) is 2.62. The molecule has 0 aromatic heterocycles. The van der Waals surface area contributed by atoms with Crippen molar-refractivity contribution in [3.8, 4) is 0 Å². The molecule has 0 radical (unpaired) electrons. The van der Waals surface area contributed by atoms with Gasteiger partial charge in [0.1, 0.15) is 0 Å². The molecule has 0 aliphatic carbocycles. The number of rotatable bonds is 14. The number of hydrogen-bond donors (Lipinski definition) is 0. The predicted octanol–water partition coefficient (Wildman–Crippen LogP) is 5.81. The molecule has 124 valence electrons. The average Bonchev–Trinajstić information content (AvgIpc) is 2.42. The molecule has 0 fully saturated rings. The van der Waals surface area contributed by atoms with E-state index < -0.39 is 8.56 Å². The van der Waals surface area contributed by atoms with Crippen molar-refractivity contribution in [3.63, 3.8) is 0 Å². The summed E-state index contributed by atoms with van der Waals surface area (Å²) in [5.41, 5.74) is 0. The van der Waals surface area contributed by atoms with Crippen LogP contribution >= 0.6 is 0 Å². The minimum Gasteiger partial charge on any atom is -0.394 e. The molecule has 4 heteroatoms. The van der Waals surface area contributed by atoms with Crippen LogP contribution in [0.15, 0.2) is 0 Å². The molecule has 20 heavy (non-hydrogen) atoms. The summed E-state index contributed by atoms with van der Waals surface area (Å²) >= 11 is 0. The lowest BCUT2D eigenvalue weighted by Gasteiger charge is -2.28. The van der Waals surface area contributed by atoms with Gasteiger partial charge in [-0.1, -0.05) is 65.2 Å². The van der Waals surface area contributed by atoms with Gasteiger partial charge in [-0.3, -0.25) is 4.70 Å². The second kappa shape index (κ2) is 15.5. The van der Waals surface area contributed by atoms with Crippen molar-refractivity contribution >= 4 is 8.56 Å². The highest BCUT2D eigenvalue weighted by Gasteiger charge is 2.33. The van der Waals surface area contributed by atoms with Crippen LogP contribution in [0.1, 0.15) is 79.1 Å². The van der Waals surface area contributed by atoms with Gasteiger partial charge in [0.25, 0.3) is 0 Å². The normalized spacial score (nSPS) is 11.4. The summed E-state index contributed by atoms with van der Waals surface area (Å²) in [5.74, 6) is 0. The standard InChI is InChI=1S/C16H36O2Si.FH/c1-5-9-10-11-12-13-14-15-16-19(8-4,17-6-2)18-7-3;/h5-16H2,1-4H3;1H. The molecular weight excluding hydrogens is 271 g/mol. The van der Waals surface area contributed by atoms with Gasteiger partial charge in [0.2, 0.25) is 0 Å². The fourth-order valence-corrected chi connectivity index (χ4v) is 5.60. The summed E-state index contributed by atoms with van der Waals surface area (Å²) in [7, 11) is -1.85. The van der Waals surface area contributed by atoms with Gasteiger partial charge in [0.15, 0.2) is 0 Å². The van der Waals surface area contributed by atoms with E-state index >= 15 is 0 Å². The van der Waals surface area contributed by atoms with E-state index in [9.17, 15) is 0 Å². The molecule has 0 N–H and O–H groups in total. The molecule has 0 aliphatic heterocycles. The van der Waals surface area contributed by atoms with Crippen LogP contribution in [0, 0.1) is 0 Å². The maximum atomic E-state index is 6.00. The van der Waals surface area contributed by atoms with E-state index in [2.05, 4.69) is 27.7 Å². The van der Waals surface area contributed by atoms with Gasteiger partial charge in [0, 0.05) is 13.2 Å². The molecule has 0 aromatic rings. The molecular formula is C16H37FO2Si. The van der Waals surface area contributed by atoms with E-state index in [0.29, 0.717) is 0 Å². The lowest BCUT2D eigenvalue weighted by Crippen LogP contribution is -2.41. The van der Waals surface area contributed by atoms with E-state index in [4.69, 9.17) is 8.85 Å². The van der Waals surface area contributed by atoms with Gasteiger partial charge in [-0.15, -0.1) is 0 Å². The zero-order valence-electron chi connectivity index (χ0n) is 14.2. The fraction of sp³-hybridized carbons (Fsp3) is 1.00. The van der Waals surface area contributed by atoms with Crippen LogP contribution in [0.25, 0.3) is 0 Å². The van der Waals surface area contributed by atoms with Gasteiger partial charge in [-0.05, 0) is 25.9 Å². The van der Waals surface area contributed by atoms with E-state index in [1.165, 1.54) is 57.4 Å². The van der Waals surface area contributed by atoms with Crippen molar-refractivity contribution in [3.05, 3.63) is 0 Å². The van der Waals surface area contributed by atoms with Gasteiger partial charge >= 0.3 is 8.56 Å². The Hall–Kier alpha value is 0.0669. The lowest BCUT2D eigenvalue weighted by atomic mass is 10.1. The summed E-state index contributed by atoms with van der Waals surface area (Å²) in [6.45, 7) is 10.3. The van der Waals surface area contributed by atoms with Crippen LogP contribution < -0.4 is 0 Å². The molecule has 0 rings (SSSR count). The predicted molar refractivity (Wildman–Crippen MR) is 89.4 cm³/mol. The van der Waals surface area contributed by atoms with Gasteiger partial charge in [-0.25, -0.2) is 0 Å². The summed E-state index contributed by atoms with van der Waals surface area (Å²) in [6, 6.07) is 2.27. The Labute approximate surface area is 127 Å². The SMILES string of the molecule is CCCCCCCCCC[Si](CC)(OCC)OCC.F. The van der Waals surface area contributed by atoms with Crippen LogP contribution in [-0.4, -0.2) is 21.8 Å². The Kier molecular flexibility index (Phi) is 17.3. The molecule has 0 spiro atoms. The molecule has 0 saturated heterocycles. The molecule has 0 atom stereocenters. The molecule has 0 aliphatic rings. The third-order valence-electron chi connectivity index (χ3n) is 3.76. The van der Waals surface area contributed by atoms with Crippen LogP contribution in [0.2, 0.25) is 12.1 Å².